The molecule has 39 heavy (non-hydrogen) atoms. The van der Waals surface area contributed by atoms with Gasteiger partial charge >= 0.3 is 0 Å². The third kappa shape index (κ3) is 6.75. The van der Waals surface area contributed by atoms with Gasteiger partial charge in [0.2, 0.25) is 5.91 Å². The van der Waals surface area contributed by atoms with Crippen LogP contribution in [0.2, 0.25) is 0 Å². The van der Waals surface area contributed by atoms with Crippen molar-refractivity contribution in [1.82, 2.24) is 4.98 Å². The minimum atomic E-state index is -0.478. The zero-order valence-corrected chi connectivity index (χ0v) is 23.8. The summed E-state index contributed by atoms with van der Waals surface area (Å²) in [7, 11) is 1.62. The Labute approximate surface area is 240 Å². The predicted molar refractivity (Wildman–Crippen MR) is 167 cm³/mol. The monoisotopic (exact) mass is 570 g/mol. The predicted octanol–water partition coefficient (Wildman–Crippen LogP) is 7.89. The first kappa shape index (κ1) is 26.7. The molecule has 0 fully saturated rings. The molecule has 3 N–H and O–H groups in total. The highest BCUT2D eigenvalue weighted by atomic mass is 32.2. The van der Waals surface area contributed by atoms with Gasteiger partial charge in [0.25, 0.3) is 0 Å². The third-order valence-corrected chi connectivity index (χ3v) is 8.20. The molecule has 0 spiro atoms. The van der Waals surface area contributed by atoms with Gasteiger partial charge in [0, 0.05) is 10.6 Å². The Kier molecular flexibility index (Phi) is 8.41. The summed E-state index contributed by atoms with van der Waals surface area (Å²) in [6.07, 6.45) is 0. The van der Waals surface area contributed by atoms with Crippen LogP contribution in [-0.2, 0) is 4.79 Å². The minimum Gasteiger partial charge on any atom is -0.495 e. The second-order valence-electron chi connectivity index (χ2n) is 8.70. The molecule has 1 amide bonds. The molecular weight excluding hydrogens is 545 g/mol. The van der Waals surface area contributed by atoms with Crippen molar-refractivity contribution >= 4 is 73.1 Å². The third-order valence-electron chi connectivity index (χ3n) is 5.82. The van der Waals surface area contributed by atoms with Crippen molar-refractivity contribution in [3.8, 4) is 5.75 Å². The van der Waals surface area contributed by atoms with E-state index < -0.39 is 5.25 Å². The van der Waals surface area contributed by atoms with Gasteiger partial charge in [-0.3, -0.25) is 4.79 Å². The number of nitrogens with zero attached hydrogens (tertiary/aromatic N) is 1. The average Bonchev–Trinajstić information content (AvgIpc) is 3.33. The SMILES string of the molecule is COc1ccccc1NC(=S)Nc1cccc(SC(C(=O)Nc2nc3ccc(C)cc3s2)c2ccccc2)c1. The van der Waals surface area contributed by atoms with Crippen molar-refractivity contribution in [2.45, 2.75) is 17.1 Å². The molecule has 1 unspecified atom stereocenters. The summed E-state index contributed by atoms with van der Waals surface area (Å²) in [5.41, 5.74) is 4.52. The van der Waals surface area contributed by atoms with Crippen LogP contribution < -0.4 is 20.7 Å². The lowest BCUT2D eigenvalue weighted by Crippen LogP contribution is -2.20. The number of amides is 1. The van der Waals surface area contributed by atoms with Crippen LogP contribution in [-0.4, -0.2) is 23.1 Å². The van der Waals surface area contributed by atoms with Crippen LogP contribution in [0.1, 0.15) is 16.4 Å². The van der Waals surface area contributed by atoms with Gasteiger partial charge in [-0.1, -0.05) is 65.9 Å². The molecule has 1 heterocycles. The number of thiazole rings is 1. The van der Waals surface area contributed by atoms with Gasteiger partial charge in [-0.05, 0) is 72.7 Å². The molecule has 1 atom stereocenters. The number of carbonyl (C=O) groups is 1. The van der Waals surface area contributed by atoms with Crippen LogP contribution in [0.3, 0.4) is 0 Å². The maximum atomic E-state index is 13.6. The number of carbonyl (C=O) groups excluding carboxylic acids is 1. The summed E-state index contributed by atoms with van der Waals surface area (Å²) in [6.45, 7) is 2.05. The number of para-hydroxylation sites is 2. The molecule has 0 bridgehead atoms. The molecule has 196 valence electrons. The van der Waals surface area contributed by atoms with E-state index in [1.165, 1.54) is 23.1 Å². The van der Waals surface area contributed by atoms with Crippen LogP contribution in [0.4, 0.5) is 16.5 Å². The lowest BCUT2D eigenvalue weighted by atomic mass is 10.1. The second kappa shape index (κ2) is 12.3. The number of hydrogen-bond acceptors (Lipinski definition) is 6. The molecule has 9 heteroatoms. The van der Waals surface area contributed by atoms with Gasteiger partial charge in [-0.25, -0.2) is 4.98 Å². The number of nitrogens with one attached hydrogen (secondary N) is 3. The molecule has 6 nitrogen and oxygen atoms in total. The highest BCUT2D eigenvalue weighted by molar-refractivity contribution is 8.00. The summed E-state index contributed by atoms with van der Waals surface area (Å²) >= 11 is 8.48. The number of rotatable bonds is 8. The first-order valence-electron chi connectivity index (χ1n) is 12.2. The fourth-order valence-electron chi connectivity index (χ4n) is 3.97. The van der Waals surface area contributed by atoms with Gasteiger partial charge in [0.1, 0.15) is 11.0 Å². The van der Waals surface area contributed by atoms with E-state index in [0.29, 0.717) is 16.0 Å². The van der Waals surface area contributed by atoms with Crippen molar-refractivity contribution < 1.29 is 9.53 Å². The smallest absolute Gasteiger partial charge is 0.244 e. The summed E-state index contributed by atoms with van der Waals surface area (Å²) < 4.78 is 6.44. The van der Waals surface area contributed by atoms with E-state index in [9.17, 15) is 4.79 Å². The Morgan fingerprint density at radius 1 is 0.923 bits per heavy atom. The van der Waals surface area contributed by atoms with Gasteiger partial charge in [0.05, 0.1) is 23.0 Å². The summed E-state index contributed by atoms with van der Waals surface area (Å²) in [5, 5.41) is 9.99. The normalized spacial score (nSPS) is 11.5. The Morgan fingerprint density at radius 3 is 2.54 bits per heavy atom. The van der Waals surface area contributed by atoms with Gasteiger partial charge < -0.3 is 20.7 Å². The maximum absolute atomic E-state index is 13.6. The molecule has 5 aromatic rings. The fraction of sp³-hybridized carbons (Fsp3) is 0.100. The fourth-order valence-corrected chi connectivity index (χ4v) is 6.25. The van der Waals surface area contributed by atoms with E-state index in [4.69, 9.17) is 17.0 Å². The maximum Gasteiger partial charge on any atom is 0.244 e. The van der Waals surface area contributed by atoms with E-state index in [0.717, 1.165) is 37.6 Å². The highest BCUT2D eigenvalue weighted by Gasteiger charge is 2.23. The van der Waals surface area contributed by atoms with Crippen LogP contribution in [0.15, 0.2) is 102 Å². The molecule has 5 rings (SSSR count). The number of benzene rings is 4. The van der Waals surface area contributed by atoms with Crippen molar-refractivity contribution in [2.75, 3.05) is 23.1 Å². The number of thioether (sulfide) groups is 1. The van der Waals surface area contributed by atoms with Crippen LogP contribution in [0.5, 0.6) is 5.75 Å². The number of hydrogen-bond donors (Lipinski definition) is 3. The number of thiocarbonyl (C=S) groups is 1. The number of ether oxygens (including phenoxy) is 1. The van der Waals surface area contributed by atoms with Crippen molar-refractivity contribution in [2.24, 2.45) is 0 Å². The van der Waals surface area contributed by atoms with E-state index in [1.807, 2.05) is 97.9 Å². The summed E-state index contributed by atoms with van der Waals surface area (Å²) in [4.78, 5) is 19.1. The number of anilines is 3. The van der Waals surface area contributed by atoms with Crippen LogP contribution in [0, 0.1) is 6.92 Å². The van der Waals surface area contributed by atoms with E-state index in [-0.39, 0.29) is 5.91 Å². The van der Waals surface area contributed by atoms with Crippen molar-refractivity contribution in [3.05, 3.63) is 108 Å². The standard InChI is InChI=1S/C30H26N4O2S3/c1-19-15-16-24-26(17-19)39-30(33-24)34-28(35)27(20-9-4-3-5-10-20)38-22-12-8-11-21(18-22)31-29(37)32-23-13-6-7-14-25(23)36-2/h3-18,27H,1-2H3,(H2,31,32,37)(H,33,34,35). The Morgan fingerprint density at radius 2 is 1.72 bits per heavy atom. The summed E-state index contributed by atoms with van der Waals surface area (Å²) in [6, 6.07) is 31.2. The second-order valence-corrected chi connectivity index (χ2v) is 11.3. The molecule has 0 saturated carbocycles. The zero-order chi connectivity index (χ0) is 27.2. The van der Waals surface area contributed by atoms with Crippen LogP contribution in [0.25, 0.3) is 10.2 Å². The molecule has 0 aliphatic heterocycles. The van der Waals surface area contributed by atoms with E-state index in [2.05, 4.69) is 27.0 Å². The Bertz CT molecular complexity index is 1620. The largest absolute Gasteiger partial charge is 0.495 e. The van der Waals surface area contributed by atoms with Gasteiger partial charge in [-0.2, -0.15) is 0 Å². The highest BCUT2D eigenvalue weighted by Crippen LogP contribution is 2.38. The first-order chi connectivity index (χ1) is 19.0. The van der Waals surface area contributed by atoms with Gasteiger partial charge in [0.15, 0.2) is 10.2 Å². The average molecular weight is 571 g/mol. The van der Waals surface area contributed by atoms with Crippen LogP contribution >= 0.6 is 35.3 Å². The van der Waals surface area contributed by atoms with E-state index in [1.54, 1.807) is 7.11 Å². The lowest BCUT2D eigenvalue weighted by molar-refractivity contribution is -0.115. The quantitative estimate of drug-likeness (QED) is 0.129. The van der Waals surface area contributed by atoms with Crippen molar-refractivity contribution in [3.63, 3.8) is 0 Å². The zero-order valence-electron chi connectivity index (χ0n) is 21.3. The molecule has 4 aromatic carbocycles. The minimum absolute atomic E-state index is 0.131. The van der Waals surface area contributed by atoms with Gasteiger partial charge in [-0.15, -0.1) is 11.8 Å². The number of fused-ring (bicyclic) bond motifs is 1. The van der Waals surface area contributed by atoms with E-state index >= 15 is 0 Å². The van der Waals surface area contributed by atoms with Crippen molar-refractivity contribution in [1.29, 1.82) is 0 Å². The number of aromatic nitrogens is 1. The lowest BCUT2D eigenvalue weighted by Gasteiger charge is -2.17. The first-order valence-corrected chi connectivity index (χ1v) is 14.3. The summed E-state index contributed by atoms with van der Waals surface area (Å²) in [5.74, 6) is 0.569. The molecule has 0 saturated heterocycles. The molecular formula is C30H26N4O2S3. The molecule has 0 aliphatic carbocycles. The molecule has 0 radical (unpaired) electrons. The molecule has 1 aromatic heterocycles. The molecule has 0 aliphatic rings. The topological polar surface area (TPSA) is 75.3 Å². The number of methoxy groups -OCH3 is 1. The Balaban J connectivity index is 1.32. The number of aryl methyl sites for hydroxylation is 1. The Hall–Kier alpha value is -3.92.